The number of carbonyl (C=O) groups is 2. The van der Waals surface area contributed by atoms with Crippen LogP contribution in [0.5, 0.6) is 11.5 Å². The second-order valence-electron chi connectivity index (χ2n) is 6.09. The van der Waals surface area contributed by atoms with Gasteiger partial charge in [-0.3, -0.25) is 4.79 Å². The Kier molecular flexibility index (Phi) is 7.38. The molecule has 1 heterocycles. The number of esters is 1. The second-order valence-corrected chi connectivity index (χ2v) is 7.38. The molecule has 0 radical (unpaired) electrons. The molecular weight excluding hydrogens is 404 g/mol. The number of thiazole rings is 1. The zero-order chi connectivity index (χ0) is 20.8. The van der Waals surface area contributed by atoms with Gasteiger partial charge in [0.2, 0.25) is 0 Å². The van der Waals surface area contributed by atoms with Gasteiger partial charge in [-0.05, 0) is 32.9 Å². The first-order chi connectivity index (χ1) is 13.3. The number of methoxy groups -OCH3 is 1. The van der Waals surface area contributed by atoms with Crippen LogP contribution in [0.4, 0.5) is 0 Å². The first kappa shape index (κ1) is 21.7. The van der Waals surface area contributed by atoms with Crippen LogP contribution in [-0.4, -0.2) is 36.6 Å². The van der Waals surface area contributed by atoms with Crippen molar-refractivity contribution in [2.45, 2.75) is 32.8 Å². The van der Waals surface area contributed by atoms with Crippen molar-refractivity contribution >= 4 is 34.7 Å². The van der Waals surface area contributed by atoms with Crippen molar-refractivity contribution in [3.8, 4) is 17.6 Å². The van der Waals surface area contributed by atoms with E-state index in [1.807, 2.05) is 19.9 Å². The zero-order valence-corrected chi connectivity index (χ0v) is 17.4. The average molecular weight is 423 g/mol. The van der Waals surface area contributed by atoms with Crippen molar-refractivity contribution in [2.75, 3.05) is 13.7 Å². The number of ether oxygens (including phenoxy) is 3. The highest BCUT2D eigenvalue weighted by Crippen LogP contribution is 2.37. The van der Waals surface area contributed by atoms with Crippen LogP contribution in [0.3, 0.4) is 0 Å². The monoisotopic (exact) mass is 422 g/mol. The predicted octanol–water partition coefficient (Wildman–Crippen LogP) is 3.93. The van der Waals surface area contributed by atoms with E-state index in [1.165, 1.54) is 30.6 Å². The lowest BCUT2D eigenvalue weighted by Crippen LogP contribution is -2.20. The number of nitrogens with zero attached hydrogens (tertiary/aromatic N) is 2. The van der Waals surface area contributed by atoms with Gasteiger partial charge in [0.05, 0.1) is 29.9 Å². The van der Waals surface area contributed by atoms with E-state index in [4.69, 9.17) is 25.8 Å². The van der Waals surface area contributed by atoms with E-state index in [-0.39, 0.29) is 22.4 Å². The molecule has 0 amide bonds. The van der Waals surface area contributed by atoms with E-state index in [0.717, 1.165) is 5.69 Å². The lowest BCUT2D eigenvalue weighted by Gasteiger charge is -2.16. The molecular formula is C19H19ClN2O5S. The van der Waals surface area contributed by atoms with Crippen molar-refractivity contribution in [3.05, 3.63) is 38.8 Å². The first-order valence-corrected chi connectivity index (χ1v) is 9.58. The molecule has 0 aliphatic heterocycles. The van der Waals surface area contributed by atoms with Crippen LogP contribution in [0, 0.1) is 18.3 Å². The lowest BCUT2D eigenvalue weighted by atomic mass is 10.1. The summed E-state index contributed by atoms with van der Waals surface area (Å²) in [6, 6.07) is 4.69. The van der Waals surface area contributed by atoms with E-state index in [1.54, 1.807) is 12.3 Å². The average Bonchev–Trinajstić information content (AvgIpc) is 3.07. The molecule has 1 aromatic carbocycles. The van der Waals surface area contributed by atoms with Crippen LogP contribution < -0.4 is 9.47 Å². The van der Waals surface area contributed by atoms with Gasteiger partial charge in [0, 0.05) is 11.1 Å². The Bertz CT molecular complexity index is 920. The van der Waals surface area contributed by atoms with Crippen LogP contribution in [0.2, 0.25) is 5.02 Å². The molecule has 0 fully saturated rings. The molecule has 0 saturated heterocycles. The van der Waals surface area contributed by atoms with Gasteiger partial charge in [-0.15, -0.1) is 11.3 Å². The molecule has 1 unspecified atom stereocenters. The summed E-state index contributed by atoms with van der Waals surface area (Å²) in [4.78, 5) is 28.8. The summed E-state index contributed by atoms with van der Waals surface area (Å²) in [6.45, 7) is 4.88. The number of ketones is 1. The number of rotatable bonds is 8. The Morgan fingerprint density at radius 3 is 2.61 bits per heavy atom. The Morgan fingerprint density at radius 1 is 1.36 bits per heavy atom. The number of halogens is 1. The molecule has 7 nitrogen and oxygen atoms in total. The van der Waals surface area contributed by atoms with Gasteiger partial charge in [-0.2, -0.15) is 5.26 Å². The van der Waals surface area contributed by atoms with Gasteiger partial charge in [0.1, 0.15) is 5.01 Å². The number of benzene rings is 1. The fraction of sp³-hybridized carbons (Fsp3) is 0.368. The fourth-order valence-corrected chi connectivity index (χ4v) is 3.38. The van der Waals surface area contributed by atoms with Crippen LogP contribution >= 0.6 is 22.9 Å². The summed E-state index contributed by atoms with van der Waals surface area (Å²) >= 11 is 7.40. The van der Waals surface area contributed by atoms with Crippen molar-refractivity contribution < 1.29 is 23.8 Å². The molecule has 0 N–H and O–H groups in total. The second kappa shape index (κ2) is 9.53. The minimum absolute atomic E-state index is 0.101. The number of aromatic nitrogens is 1. The zero-order valence-electron chi connectivity index (χ0n) is 15.8. The number of Topliss-reactive ketones (excluding diaryl/α,β-unsaturated/α-hetero) is 1. The normalized spacial score (nSPS) is 11.6. The number of aryl methyl sites for hydroxylation is 1. The standard InChI is InChI=1S/C19H19ClN2O5S/c1-10(2)27-17-14(20)5-12(6-16(17)25-4)19(24)26-8-15(23)13(7-21)18-22-11(3)9-28-18/h5-6,9-10,13H,8H2,1-4H3. The molecule has 28 heavy (non-hydrogen) atoms. The Balaban J connectivity index is 2.11. The van der Waals surface area contributed by atoms with Crippen LogP contribution in [0.15, 0.2) is 17.5 Å². The number of nitriles is 1. The van der Waals surface area contributed by atoms with Gasteiger partial charge >= 0.3 is 5.97 Å². The highest BCUT2D eigenvalue weighted by molar-refractivity contribution is 7.09. The SMILES string of the molecule is COc1cc(C(=O)OCC(=O)C(C#N)c2nc(C)cs2)cc(Cl)c1OC(C)C. The summed E-state index contributed by atoms with van der Waals surface area (Å²) < 4.78 is 15.9. The van der Waals surface area contributed by atoms with Gasteiger partial charge in [-0.25, -0.2) is 9.78 Å². The maximum atomic E-state index is 12.3. The van der Waals surface area contributed by atoms with Crippen LogP contribution in [0.25, 0.3) is 0 Å². The lowest BCUT2D eigenvalue weighted by molar-refractivity contribution is -0.122. The first-order valence-electron chi connectivity index (χ1n) is 8.32. The van der Waals surface area contributed by atoms with E-state index in [9.17, 15) is 14.9 Å². The predicted molar refractivity (Wildman–Crippen MR) is 104 cm³/mol. The van der Waals surface area contributed by atoms with Gasteiger partial charge in [-0.1, -0.05) is 11.6 Å². The number of hydrogen-bond acceptors (Lipinski definition) is 8. The number of hydrogen-bond donors (Lipinski definition) is 0. The molecule has 9 heteroatoms. The molecule has 1 atom stereocenters. The molecule has 2 rings (SSSR count). The van der Waals surface area contributed by atoms with E-state index in [0.29, 0.717) is 10.8 Å². The molecule has 0 bridgehead atoms. The molecule has 0 aliphatic rings. The van der Waals surface area contributed by atoms with E-state index < -0.39 is 24.3 Å². The smallest absolute Gasteiger partial charge is 0.338 e. The van der Waals surface area contributed by atoms with Gasteiger partial charge < -0.3 is 14.2 Å². The van der Waals surface area contributed by atoms with Crippen molar-refractivity contribution in [1.29, 1.82) is 5.26 Å². The summed E-state index contributed by atoms with van der Waals surface area (Å²) in [5.74, 6) is -1.81. The minimum atomic E-state index is -1.08. The fourth-order valence-electron chi connectivity index (χ4n) is 2.26. The molecule has 0 saturated carbocycles. The Hall–Kier alpha value is -2.63. The highest BCUT2D eigenvalue weighted by atomic mass is 35.5. The summed E-state index contributed by atoms with van der Waals surface area (Å²) in [6.07, 6.45) is -0.140. The third-order valence-electron chi connectivity index (χ3n) is 3.50. The summed E-state index contributed by atoms with van der Waals surface area (Å²) in [7, 11) is 1.42. The molecule has 1 aromatic heterocycles. The summed E-state index contributed by atoms with van der Waals surface area (Å²) in [5, 5.41) is 11.6. The topological polar surface area (TPSA) is 98.5 Å². The maximum Gasteiger partial charge on any atom is 0.338 e. The van der Waals surface area contributed by atoms with Crippen molar-refractivity contribution in [2.24, 2.45) is 0 Å². The third kappa shape index (κ3) is 5.21. The largest absolute Gasteiger partial charge is 0.493 e. The Labute approximate surface area is 171 Å². The van der Waals surface area contributed by atoms with Crippen molar-refractivity contribution in [1.82, 2.24) is 4.98 Å². The maximum absolute atomic E-state index is 12.3. The molecule has 148 valence electrons. The van der Waals surface area contributed by atoms with E-state index >= 15 is 0 Å². The number of carbonyl (C=O) groups excluding carboxylic acids is 2. The van der Waals surface area contributed by atoms with Crippen LogP contribution in [-0.2, 0) is 9.53 Å². The highest BCUT2D eigenvalue weighted by Gasteiger charge is 2.25. The van der Waals surface area contributed by atoms with Crippen molar-refractivity contribution in [3.63, 3.8) is 0 Å². The van der Waals surface area contributed by atoms with Crippen LogP contribution in [0.1, 0.15) is 40.8 Å². The van der Waals surface area contributed by atoms with Gasteiger partial charge in [0.15, 0.2) is 29.8 Å². The Morgan fingerprint density at radius 2 is 2.07 bits per heavy atom. The molecule has 0 aliphatic carbocycles. The molecule has 0 spiro atoms. The minimum Gasteiger partial charge on any atom is -0.493 e. The molecule has 2 aromatic rings. The summed E-state index contributed by atoms with van der Waals surface area (Å²) in [5.41, 5.74) is 0.819. The quantitative estimate of drug-likeness (QED) is 0.594. The van der Waals surface area contributed by atoms with Gasteiger partial charge in [0.25, 0.3) is 0 Å². The third-order valence-corrected chi connectivity index (χ3v) is 4.81. The van der Waals surface area contributed by atoms with E-state index in [2.05, 4.69) is 4.98 Å².